The predicted molar refractivity (Wildman–Crippen MR) is 53.9 cm³/mol. The van der Waals surface area contributed by atoms with Crippen LogP contribution in [0.2, 0.25) is 0 Å². The summed E-state index contributed by atoms with van der Waals surface area (Å²) in [5.41, 5.74) is 0.184. The molecule has 0 fully saturated rings. The van der Waals surface area contributed by atoms with Crippen molar-refractivity contribution in [2.24, 2.45) is 0 Å². The Kier molecular flexibility index (Phi) is 3.74. The number of ketones is 1. The number of rotatable bonds is 4. The minimum absolute atomic E-state index is 0.0726. The van der Waals surface area contributed by atoms with Crippen molar-refractivity contribution in [3.05, 3.63) is 17.9 Å². The summed E-state index contributed by atoms with van der Waals surface area (Å²) in [4.78, 5) is 21.7. The van der Waals surface area contributed by atoms with Gasteiger partial charge in [0.05, 0.1) is 6.42 Å². The molecule has 0 aliphatic rings. The molecule has 1 aromatic heterocycles. The van der Waals surface area contributed by atoms with Gasteiger partial charge in [-0.15, -0.1) is 0 Å². The Morgan fingerprint density at radius 1 is 1.46 bits per heavy atom. The number of hydrogen-bond acceptors (Lipinski definition) is 4. The van der Waals surface area contributed by atoms with E-state index in [0.717, 1.165) is 0 Å². The molecule has 0 aromatic carbocycles. The average Bonchev–Trinajstić information content (AvgIpc) is 2.50. The fraction of sp³-hybridized carbons (Fsp3) is 0.143. The van der Waals surface area contributed by atoms with Gasteiger partial charge in [-0.3, -0.25) is 14.2 Å². The molecule has 0 aliphatic carbocycles. The summed E-state index contributed by atoms with van der Waals surface area (Å²) in [6.07, 6.45) is -0.191. The first-order chi connectivity index (χ1) is 6.13. The van der Waals surface area contributed by atoms with Crippen molar-refractivity contribution in [3.63, 3.8) is 0 Å². The Bertz CT molecular complexity index is 357. The fourth-order valence-electron chi connectivity index (χ4n) is 0.740. The van der Waals surface area contributed by atoms with Gasteiger partial charge in [0, 0.05) is 22.6 Å². The molecule has 0 N–H and O–H groups in total. The van der Waals surface area contributed by atoms with Crippen LogP contribution >= 0.6 is 31.1 Å². The van der Waals surface area contributed by atoms with Gasteiger partial charge in [0.25, 0.3) is 0 Å². The van der Waals surface area contributed by atoms with Crippen molar-refractivity contribution in [3.8, 4) is 0 Å². The number of Topliss-reactive ketones (excluding diaryl/α,β-unsaturated/α-hetero) is 1. The first-order valence-corrected chi connectivity index (χ1v) is 5.17. The van der Waals surface area contributed by atoms with Gasteiger partial charge in [0.15, 0.2) is 15.1 Å². The molecule has 0 amide bonds. The van der Waals surface area contributed by atoms with Crippen LogP contribution in [0.5, 0.6) is 0 Å². The summed E-state index contributed by atoms with van der Waals surface area (Å²) in [7, 11) is -0.273. The monoisotopic (exact) mass is 310 g/mol. The van der Waals surface area contributed by atoms with Gasteiger partial charge < -0.3 is 4.42 Å². The van der Waals surface area contributed by atoms with E-state index < -0.39 is 5.78 Å². The Hall–Kier alpha value is -0.550. The average molecular weight is 310 g/mol. The summed E-state index contributed by atoms with van der Waals surface area (Å²) in [6.45, 7) is 0. The highest BCUT2D eigenvalue weighted by Gasteiger charge is 2.13. The van der Waals surface area contributed by atoms with Crippen molar-refractivity contribution < 1.29 is 18.6 Å². The van der Waals surface area contributed by atoms with E-state index in [1.807, 2.05) is 0 Å². The number of furan rings is 1. The van der Waals surface area contributed by atoms with E-state index in [4.69, 9.17) is 4.42 Å². The molecule has 6 heteroatoms. The molecule has 0 aliphatic heterocycles. The largest absolute Gasteiger partial charge is 0.445 e. The third-order valence-electron chi connectivity index (χ3n) is 1.26. The van der Waals surface area contributed by atoms with Crippen molar-refractivity contribution in [2.45, 2.75) is 6.42 Å². The molecular formula is C7H4IO4P. The van der Waals surface area contributed by atoms with Crippen molar-refractivity contribution >= 4 is 46.1 Å². The van der Waals surface area contributed by atoms with Crippen LogP contribution in [-0.4, -0.2) is 9.57 Å². The summed E-state index contributed by atoms with van der Waals surface area (Å²) in [5, 5.41) is 0. The van der Waals surface area contributed by atoms with E-state index in [-0.39, 0.29) is 29.9 Å². The Balaban J connectivity index is 2.77. The topological polar surface area (TPSA) is 64.3 Å². The molecule has 68 valence electrons. The normalized spacial score (nSPS) is 10.2. The second-order valence-corrected chi connectivity index (χ2v) is 4.01. The van der Waals surface area contributed by atoms with E-state index in [0.29, 0.717) is 0 Å². The van der Waals surface area contributed by atoms with E-state index in [1.165, 1.54) is 34.7 Å². The highest BCUT2D eigenvalue weighted by molar-refractivity contribution is 14.1. The molecule has 4 nitrogen and oxygen atoms in total. The minimum Gasteiger partial charge on any atom is -0.445 e. The lowest BCUT2D eigenvalue weighted by atomic mass is 10.2. The highest BCUT2D eigenvalue weighted by atomic mass is 127. The quantitative estimate of drug-likeness (QED) is 0.279. The summed E-state index contributed by atoms with van der Waals surface area (Å²) >= 11 is 1.54. The zero-order chi connectivity index (χ0) is 9.84. The first kappa shape index (κ1) is 10.5. The van der Waals surface area contributed by atoms with Gasteiger partial charge in [-0.05, 0) is 12.1 Å². The lowest BCUT2D eigenvalue weighted by Crippen LogP contribution is -2.01. The van der Waals surface area contributed by atoms with Crippen molar-refractivity contribution in [2.75, 3.05) is 0 Å². The number of carbonyl (C=O) groups is 2. The van der Waals surface area contributed by atoms with Crippen molar-refractivity contribution in [1.29, 1.82) is 0 Å². The third kappa shape index (κ3) is 3.00. The maximum atomic E-state index is 11.2. The molecule has 0 spiro atoms. The molecule has 1 aromatic rings. The van der Waals surface area contributed by atoms with Gasteiger partial charge in [-0.25, -0.2) is 0 Å². The van der Waals surface area contributed by atoms with Gasteiger partial charge >= 0.3 is 0 Å². The number of hydrogen-bond donors (Lipinski definition) is 0. The van der Waals surface area contributed by atoms with Crippen LogP contribution in [0.1, 0.15) is 17.0 Å². The second-order valence-electron chi connectivity index (χ2n) is 2.18. The van der Waals surface area contributed by atoms with Crippen LogP contribution in [0.15, 0.2) is 16.5 Å². The number of halogens is 1. The molecule has 1 rings (SSSR count). The molecule has 0 unspecified atom stereocenters. The Morgan fingerprint density at radius 3 is 2.62 bits per heavy atom. The van der Waals surface area contributed by atoms with Crippen LogP contribution in [0.25, 0.3) is 0 Å². The second kappa shape index (κ2) is 4.62. The molecule has 0 bridgehead atoms. The van der Waals surface area contributed by atoms with Crippen LogP contribution in [-0.2, 0) is 9.36 Å². The molecule has 1 heterocycles. The Morgan fingerprint density at radius 2 is 2.15 bits per heavy atom. The lowest BCUT2D eigenvalue weighted by Gasteiger charge is -1.89. The number of carbonyl (C=O) groups excluding carboxylic acids is 2. The summed E-state index contributed by atoms with van der Waals surface area (Å²) in [5.74, 6) is -0.322. The Labute approximate surface area is 89.0 Å². The van der Waals surface area contributed by atoms with E-state index in [9.17, 15) is 14.2 Å². The molecular weight excluding hydrogens is 306 g/mol. The predicted octanol–water partition coefficient (Wildman–Crippen LogP) is 1.73. The third-order valence-corrected chi connectivity index (χ3v) is 2.06. The van der Waals surface area contributed by atoms with Crippen molar-refractivity contribution in [1.82, 2.24) is 0 Å². The van der Waals surface area contributed by atoms with Crippen LogP contribution in [0.3, 0.4) is 0 Å². The minimum atomic E-state index is -0.394. The van der Waals surface area contributed by atoms with Gasteiger partial charge in [0.1, 0.15) is 0 Å². The highest BCUT2D eigenvalue weighted by Crippen LogP contribution is 2.08. The molecule has 0 atom stereocenters. The molecule has 0 saturated heterocycles. The zero-order valence-electron chi connectivity index (χ0n) is 6.32. The SMILES string of the molecule is O=Pc1ccc(C(=O)CC(=O)I)o1. The van der Waals surface area contributed by atoms with E-state index in [1.54, 1.807) is 0 Å². The van der Waals surface area contributed by atoms with Crippen LogP contribution in [0, 0.1) is 0 Å². The smallest absolute Gasteiger partial charge is 0.231 e. The maximum Gasteiger partial charge on any atom is 0.231 e. The van der Waals surface area contributed by atoms with Gasteiger partial charge in [0.2, 0.25) is 14.2 Å². The first-order valence-electron chi connectivity index (χ1n) is 3.28. The van der Waals surface area contributed by atoms with Crippen LogP contribution in [0.4, 0.5) is 0 Å². The van der Waals surface area contributed by atoms with Gasteiger partial charge in [-0.2, -0.15) is 0 Å². The van der Waals surface area contributed by atoms with E-state index >= 15 is 0 Å². The summed E-state index contributed by atoms with van der Waals surface area (Å²) < 4.78 is 14.9. The fourth-order valence-corrected chi connectivity index (χ4v) is 1.36. The van der Waals surface area contributed by atoms with E-state index in [2.05, 4.69) is 0 Å². The molecule has 0 radical (unpaired) electrons. The zero-order valence-corrected chi connectivity index (χ0v) is 9.37. The molecule has 0 saturated carbocycles. The standard InChI is InChI=1S/C7H4IO4P/c8-6(10)3-4(9)5-1-2-7(12-5)13-11/h1-2H,3H2. The maximum absolute atomic E-state index is 11.2. The lowest BCUT2D eigenvalue weighted by molar-refractivity contribution is -0.108. The summed E-state index contributed by atoms with van der Waals surface area (Å²) in [6, 6.07) is 2.83. The van der Waals surface area contributed by atoms with Crippen LogP contribution < -0.4 is 5.50 Å². The van der Waals surface area contributed by atoms with Gasteiger partial charge in [-0.1, -0.05) is 0 Å². The molecule has 13 heavy (non-hydrogen) atoms.